The lowest BCUT2D eigenvalue weighted by molar-refractivity contribution is 0.149. The number of fused-ring (bicyclic) bond motifs is 1. The summed E-state index contributed by atoms with van der Waals surface area (Å²) >= 11 is 0. The molecule has 0 spiro atoms. The summed E-state index contributed by atoms with van der Waals surface area (Å²) < 4.78 is 1.95. The van der Waals surface area contributed by atoms with E-state index in [1.807, 2.05) is 11.4 Å². The molecule has 23 heavy (non-hydrogen) atoms. The van der Waals surface area contributed by atoms with Gasteiger partial charge in [0.2, 0.25) is 0 Å². The lowest BCUT2D eigenvalue weighted by Crippen LogP contribution is -2.37. The van der Waals surface area contributed by atoms with Crippen LogP contribution in [-0.4, -0.2) is 50.2 Å². The molecule has 0 bridgehead atoms. The zero-order valence-electron chi connectivity index (χ0n) is 14.2. The molecule has 6 heteroatoms. The Labute approximate surface area is 137 Å². The normalized spacial score (nSPS) is 23.0. The van der Waals surface area contributed by atoms with E-state index in [0.29, 0.717) is 6.04 Å². The third-order valence-electron chi connectivity index (χ3n) is 5.18. The number of aryl methyl sites for hydroxylation is 1. The topological polar surface area (TPSA) is 49.6 Å². The van der Waals surface area contributed by atoms with Gasteiger partial charge in [0.1, 0.15) is 5.82 Å². The van der Waals surface area contributed by atoms with Crippen molar-refractivity contribution in [3.8, 4) is 0 Å². The van der Waals surface area contributed by atoms with Gasteiger partial charge in [0, 0.05) is 30.9 Å². The van der Waals surface area contributed by atoms with Gasteiger partial charge in [-0.1, -0.05) is 6.42 Å². The van der Waals surface area contributed by atoms with E-state index in [4.69, 9.17) is 10.1 Å². The minimum absolute atomic E-state index is 0.628. The minimum Gasteiger partial charge on any atom is -0.356 e. The molecule has 0 radical (unpaired) electrons. The minimum atomic E-state index is 0.628. The highest BCUT2D eigenvalue weighted by atomic mass is 15.4. The molecule has 2 aliphatic heterocycles. The van der Waals surface area contributed by atoms with E-state index in [1.54, 1.807) is 0 Å². The predicted molar refractivity (Wildman–Crippen MR) is 90.7 cm³/mol. The molecule has 0 amide bonds. The van der Waals surface area contributed by atoms with E-state index in [9.17, 15) is 0 Å². The third-order valence-corrected chi connectivity index (χ3v) is 5.18. The van der Waals surface area contributed by atoms with Crippen LogP contribution in [0.3, 0.4) is 0 Å². The van der Waals surface area contributed by atoms with Crippen molar-refractivity contribution in [3.05, 3.63) is 17.6 Å². The SMILES string of the molecule is Cc1cc(N2CCCC2)n2nc(CN3CCCC[C@@H]3C)nc2n1. The first-order valence-electron chi connectivity index (χ1n) is 8.93. The van der Waals surface area contributed by atoms with Gasteiger partial charge in [0.15, 0.2) is 5.82 Å². The molecule has 0 saturated carbocycles. The molecular formula is C17H26N6. The molecule has 4 heterocycles. The zero-order valence-corrected chi connectivity index (χ0v) is 14.2. The smallest absolute Gasteiger partial charge is 0.254 e. The number of piperidine rings is 1. The Bertz CT molecular complexity index is 688. The van der Waals surface area contributed by atoms with Crippen LogP contribution in [-0.2, 0) is 6.54 Å². The zero-order chi connectivity index (χ0) is 15.8. The van der Waals surface area contributed by atoms with Crippen LogP contribution < -0.4 is 4.90 Å². The molecule has 2 fully saturated rings. The standard InChI is InChI=1S/C17H26N6/c1-13-11-16(21-8-5-6-9-21)23-17(18-13)19-15(20-23)12-22-10-4-3-7-14(22)2/h11,14H,3-10,12H2,1-2H3/t14-/m0/s1. The van der Waals surface area contributed by atoms with Crippen LogP contribution in [0.1, 0.15) is 50.5 Å². The summed E-state index contributed by atoms with van der Waals surface area (Å²) in [5.74, 6) is 2.79. The highest BCUT2D eigenvalue weighted by Crippen LogP contribution is 2.22. The van der Waals surface area contributed by atoms with Crippen LogP contribution >= 0.6 is 0 Å². The highest BCUT2D eigenvalue weighted by molar-refractivity contribution is 5.48. The number of nitrogens with zero attached hydrogens (tertiary/aromatic N) is 6. The summed E-state index contributed by atoms with van der Waals surface area (Å²) in [5.41, 5.74) is 1.02. The lowest BCUT2D eigenvalue weighted by atomic mass is 10.0. The van der Waals surface area contributed by atoms with Gasteiger partial charge in [-0.25, -0.2) is 4.98 Å². The van der Waals surface area contributed by atoms with Crippen molar-refractivity contribution >= 4 is 11.6 Å². The van der Waals surface area contributed by atoms with Crippen molar-refractivity contribution in [2.45, 2.75) is 58.5 Å². The molecule has 0 N–H and O–H groups in total. The number of aromatic nitrogens is 4. The number of likely N-dealkylation sites (tertiary alicyclic amines) is 1. The fourth-order valence-electron chi connectivity index (χ4n) is 3.82. The fourth-order valence-corrected chi connectivity index (χ4v) is 3.82. The van der Waals surface area contributed by atoms with Crippen LogP contribution in [0.4, 0.5) is 5.82 Å². The second-order valence-corrected chi connectivity index (χ2v) is 7.00. The van der Waals surface area contributed by atoms with E-state index in [0.717, 1.165) is 49.3 Å². The predicted octanol–water partition coefficient (Wildman–Crippen LogP) is 2.41. The van der Waals surface area contributed by atoms with Crippen molar-refractivity contribution in [3.63, 3.8) is 0 Å². The van der Waals surface area contributed by atoms with Gasteiger partial charge in [-0.3, -0.25) is 4.90 Å². The van der Waals surface area contributed by atoms with Gasteiger partial charge in [0.25, 0.3) is 5.78 Å². The van der Waals surface area contributed by atoms with Crippen LogP contribution in [0.15, 0.2) is 6.07 Å². The molecule has 1 atom stereocenters. The van der Waals surface area contributed by atoms with Gasteiger partial charge in [0.05, 0.1) is 6.54 Å². The van der Waals surface area contributed by atoms with Crippen molar-refractivity contribution in [2.75, 3.05) is 24.5 Å². The summed E-state index contributed by atoms with van der Waals surface area (Å²) in [6, 6.07) is 2.77. The number of rotatable bonds is 3. The molecule has 2 saturated heterocycles. The van der Waals surface area contributed by atoms with Gasteiger partial charge in [-0.05, 0) is 46.1 Å². The monoisotopic (exact) mass is 314 g/mol. The molecule has 2 aliphatic rings. The summed E-state index contributed by atoms with van der Waals surface area (Å²) in [7, 11) is 0. The number of hydrogen-bond donors (Lipinski definition) is 0. The molecular weight excluding hydrogens is 288 g/mol. The van der Waals surface area contributed by atoms with E-state index >= 15 is 0 Å². The Balaban J connectivity index is 1.65. The molecule has 0 aromatic carbocycles. The van der Waals surface area contributed by atoms with Crippen molar-refractivity contribution in [1.82, 2.24) is 24.5 Å². The highest BCUT2D eigenvalue weighted by Gasteiger charge is 2.22. The number of anilines is 1. The van der Waals surface area contributed by atoms with Crippen molar-refractivity contribution in [1.29, 1.82) is 0 Å². The Kier molecular flexibility index (Phi) is 3.93. The quantitative estimate of drug-likeness (QED) is 0.871. The van der Waals surface area contributed by atoms with E-state index < -0.39 is 0 Å². The third kappa shape index (κ3) is 2.92. The molecule has 0 unspecified atom stereocenters. The molecule has 4 rings (SSSR count). The summed E-state index contributed by atoms with van der Waals surface area (Å²) in [4.78, 5) is 14.2. The molecule has 2 aromatic rings. The molecule has 6 nitrogen and oxygen atoms in total. The fraction of sp³-hybridized carbons (Fsp3) is 0.706. The second-order valence-electron chi connectivity index (χ2n) is 7.00. The average molecular weight is 314 g/mol. The van der Waals surface area contributed by atoms with Gasteiger partial charge < -0.3 is 4.90 Å². The van der Waals surface area contributed by atoms with Crippen LogP contribution in [0.5, 0.6) is 0 Å². The molecule has 124 valence electrons. The second kappa shape index (κ2) is 6.07. The number of hydrogen-bond acceptors (Lipinski definition) is 5. The Hall–Kier alpha value is -1.69. The summed E-state index contributed by atoms with van der Waals surface area (Å²) in [6.45, 7) is 8.56. The largest absolute Gasteiger partial charge is 0.356 e. The average Bonchev–Trinajstić information content (AvgIpc) is 3.18. The van der Waals surface area contributed by atoms with Gasteiger partial charge in [-0.15, -0.1) is 5.10 Å². The van der Waals surface area contributed by atoms with Crippen LogP contribution in [0, 0.1) is 6.92 Å². The summed E-state index contributed by atoms with van der Waals surface area (Å²) in [6.07, 6.45) is 6.43. The Morgan fingerprint density at radius 1 is 1.09 bits per heavy atom. The van der Waals surface area contributed by atoms with E-state index in [1.165, 1.54) is 32.1 Å². The van der Waals surface area contributed by atoms with Gasteiger partial charge >= 0.3 is 0 Å². The Morgan fingerprint density at radius 2 is 1.87 bits per heavy atom. The van der Waals surface area contributed by atoms with Crippen molar-refractivity contribution in [2.24, 2.45) is 0 Å². The first-order chi connectivity index (χ1) is 11.2. The maximum Gasteiger partial charge on any atom is 0.254 e. The van der Waals surface area contributed by atoms with Crippen molar-refractivity contribution < 1.29 is 0 Å². The molecule has 2 aromatic heterocycles. The van der Waals surface area contributed by atoms with E-state index in [-0.39, 0.29) is 0 Å². The van der Waals surface area contributed by atoms with E-state index in [2.05, 4.69) is 27.8 Å². The maximum absolute atomic E-state index is 4.79. The van der Waals surface area contributed by atoms with Crippen LogP contribution in [0.2, 0.25) is 0 Å². The lowest BCUT2D eigenvalue weighted by Gasteiger charge is -2.32. The molecule has 0 aliphatic carbocycles. The van der Waals surface area contributed by atoms with Crippen LogP contribution in [0.25, 0.3) is 5.78 Å². The first kappa shape index (κ1) is 14.9. The summed E-state index contributed by atoms with van der Waals surface area (Å²) in [5, 5.41) is 4.79. The Morgan fingerprint density at radius 3 is 2.65 bits per heavy atom. The first-order valence-corrected chi connectivity index (χ1v) is 8.93. The maximum atomic E-state index is 4.79. The van der Waals surface area contributed by atoms with Gasteiger partial charge in [-0.2, -0.15) is 9.50 Å².